The lowest BCUT2D eigenvalue weighted by Crippen LogP contribution is -2.23. The summed E-state index contributed by atoms with van der Waals surface area (Å²) in [6.45, 7) is 2.31. The average Bonchev–Trinajstić information content (AvgIpc) is 3.02. The van der Waals surface area contributed by atoms with E-state index in [2.05, 4.69) is 28.2 Å². The zero-order valence-electron chi connectivity index (χ0n) is 24.0. The number of rotatable bonds is 12. The van der Waals surface area contributed by atoms with Crippen LogP contribution in [0, 0.1) is 0 Å². The number of aliphatic carboxylic acids is 2. The number of methoxy groups -OCH3 is 2. The van der Waals surface area contributed by atoms with Gasteiger partial charge < -0.3 is 29.3 Å². The molecule has 0 saturated heterocycles. The molecular formula is C30H33N3O9S. The monoisotopic (exact) mass is 611 g/mol. The molecule has 2 N–H and O–H groups in total. The molecule has 4 rings (SSSR count). The van der Waals surface area contributed by atoms with Crippen molar-refractivity contribution < 1.29 is 42.4 Å². The quantitative estimate of drug-likeness (QED) is 0.177. The molecule has 0 aliphatic rings. The fraction of sp³-hybridized carbons (Fsp3) is 0.267. The van der Waals surface area contributed by atoms with Crippen LogP contribution >= 0.6 is 0 Å². The van der Waals surface area contributed by atoms with E-state index in [1.54, 1.807) is 38.5 Å². The maximum atomic E-state index is 13.0. The van der Waals surface area contributed by atoms with Crippen molar-refractivity contribution >= 4 is 32.7 Å². The average molecular weight is 612 g/mol. The van der Waals surface area contributed by atoms with Crippen LogP contribution in [0.15, 0.2) is 82.7 Å². The lowest BCUT2D eigenvalue weighted by atomic mass is 10.1. The molecule has 0 amide bonds. The highest BCUT2D eigenvalue weighted by Crippen LogP contribution is 2.28. The van der Waals surface area contributed by atoms with Gasteiger partial charge in [-0.3, -0.25) is 0 Å². The maximum Gasteiger partial charge on any atom is 0.414 e. The van der Waals surface area contributed by atoms with E-state index in [0.717, 1.165) is 42.8 Å². The predicted octanol–water partition coefficient (Wildman–Crippen LogP) is 3.58. The van der Waals surface area contributed by atoms with Crippen LogP contribution in [0.2, 0.25) is 0 Å². The van der Waals surface area contributed by atoms with Gasteiger partial charge in [-0.05, 0) is 74.0 Å². The molecule has 228 valence electrons. The van der Waals surface area contributed by atoms with Gasteiger partial charge in [-0.15, -0.1) is 10.2 Å². The minimum atomic E-state index is -3.77. The molecule has 0 radical (unpaired) electrons. The Kier molecular flexibility index (Phi) is 11.8. The number of hydrogen-bond donors (Lipinski definition) is 2. The third kappa shape index (κ3) is 9.38. The van der Waals surface area contributed by atoms with Gasteiger partial charge in [-0.25, -0.2) is 18.0 Å². The third-order valence-electron chi connectivity index (χ3n) is 6.25. The summed E-state index contributed by atoms with van der Waals surface area (Å²) in [5, 5.41) is 23.4. The van der Waals surface area contributed by atoms with Crippen molar-refractivity contribution in [1.29, 1.82) is 0 Å². The highest BCUT2D eigenvalue weighted by Gasteiger charge is 2.20. The van der Waals surface area contributed by atoms with E-state index in [0.29, 0.717) is 17.9 Å². The Labute approximate surface area is 249 Å². The van der Waals surface area contributed by atoms with Gasteiger partial charge >= 0.3 is 11.9 Å². The molecule has 0 bridgehead atoms. The Morgan fingerprint density at radius 2 is 1.51 bits per heavy atom. The summed E-state index contributed by atoms with van der Waals surface area (Å²) in [6, 6.07) is 21.2. The third-order valence-corrected chi connectivity index (χ3v) is 7.89. The Hall–Kier alpha value is -4.75. The highest BCUT2D eigenvalue weighted by atomic mass is 32.2. The summed E-state index contributed by atoms with van der Waals surface area (Å²) in [5.41, 5.74) is 1.84. The molecule has 0 saturated carbocycles. The Morgan fingerprint density at radius 1 is 0.837 bits per heavy atom. The van der Waals surface area contributed by atoms with Gasteiger partial charge in [0.25, 0.3) is 0 Å². The fourth-order valence-corrected chi connectivity index (χ4v) is 5.09. The largest absolute Gasteiger partial charge is 0.494 e. The standard InChI is InChI=1S/C28H31N3O5S.C2H2O4/c1-31(17-15-21-9-14-26(34-2)27(19-21)35-3)16-6-18-36-23-10-12-24(13-11-23)37(32,33)28-20-22-7-4-5-8-25(22)29-30-28;3-1(4)2(5)6/h4-5,7-14,19-20H,6,15-18H2,1-3H3;(H,3,4)(H,5,6). The molecule has 0 spiro atoms. The number of sulfone groups is 1. The lowest BCUT2D eigenvalue weighted by molar-refractivity contribution is -0.159. The molecule has 3 aromatic carbocycles. The molecular weight excluding hydrogens is 578 g/mol. The predicted molar refractivity (Wildman–Crippen MR) is 158 cm³/mol. The zero-order chi connectivity index (χ0) is 31.4. The van der Waals surface area contributed by atoms with Crippen molar-refractivity contribution in [2.45, 2.75) is 22.8 Å². The van der Waals surface area contributed by atoms with Crippen molar-refractivity contribution in [2.75, 3.05) is 41.0 Å². The van der Waals surface area contributed by atoms with Crippen LogP contribution in [0.1, 0.15) is 12.0 Å². The first-order valence-corrected chi connectivity index (χ1v) is 14.6. The summed E-state index contributed by atoms with van der Waals surface area (Å²) in [7, 11) is 1.58. The second-order valence-corrected chi connectivity index (χ2v) is 11.2. The number of carboxylic acids is 2. The Morgan fingerprint density at radius 3 is 2.16 bits per heavy atom. The van der Waals surface area contributed by atoms with Crippen molar-refractivity contribution in [3.8, 4) is 17.2 Å². The molecule has 1 heterocycles. The number of nitrogens with zero attached hydrogens (tertiary/aromatic N) is 3. The van der Waals surface area contributed by atoms with E-state index < -0.39 is 21.8 Å². The van der Waals surface area contributed by atoms with Crippen LogP contribution in [0.4, 0.5) is 0 Å². The number of aromatic nitrogens is 2. The van der Waals surface area contributed by atoms with E-state index in [1.165, 1.54) is 17.7 Å². The topological polar surface area (TPSA) is 165 Å². The molecule has 0 aliphatic carbocycles. The maximum absolute atomic E-state index is 13.0. The summed E-state index contributed by atoms with van der Waals surface area (Å²) in [4.78, 5) is 20.6. The number of benzene rings is 3. The minimum Gasteiger partial charge on any atom is -0.494 e. The van der Waals surface area contributed by atoms with Crippen LogP contribution in [-0.2, 0) is 25.8 Å². The molecule has 0 aliphatic heterocycles. The van der Waals surface area contributed by atoms with Gasteiger partial charge in [0.1, 0.15) is 5.75 Å². The molecule has 0 unspecified atom stereocenters. The lowest BCUT2D eigenvalue weighted by Gasteiger charge is -2.17. The number of likely N-dealkylation sites (N-methyl/N-ethyl adjacent to an activating group) is 1. The van der Waals surface area contributed by atoms with E-state index in [1.807, 2.05) is 30.3 Å². The van der Waals surface area contributed by atoms with Crippen LogP contribution in [0.5, 0.6) is 17.2 Å². The van der Waals surface area contributed by atoms with Gasteiger partial charge in [0.2, 0.25) is 9.84 Å². The van der Waals surface area contributed by atoms with Gasteiger partial charge in [-0.1, -0.05) is 24.3 Å². The highest BCUT2D eigenvalue weighted by molar-refractivity contribution is 7.91. The molecule has 43 heavy (non-hydrogen) atoms. The number of hydrogen-bond acceptors (Lipinski definition) is 10. The normalized spacial score (nSPS) is 11.0. The second kappa shape index (κ2) is 15.5. The SMILES string of the molecule is COc1ccc(CCN(C)CCCOc2ccc(S(=O)(=O)c3cc4ccccc4nn3)cc2)cc1OC.O=C(O)C(=O)O. The van der Waals surface area contributed by atoms with Gasteiger partial charge in [0.05, 0.1) is 31.2 Å². The molecule has 0 atom stereocenters. The van der Waals surface area contributed by atoms with Crippen molar-refractivity contribution in [3.63, 3.8) is 0 Å². The summed E-state index contributed by atoms with van der Waals surface area (Å²) in [5.74, 6) is -1.56. The van der Waals surface area contributed by atoms with Crippen molar-refractivity contribution in [3.05, 3.63) is 78.4 Å². The van der Waals surface area contributed by atoms with Gasteiger partial charge in [0, 0.05) is 18.5 Å². The number of carboxylic acid groups (broad SMARTS) is 2. The van der Waals surface area contributed by atoms with Crippen molar-refractivity contribution in [1.82, 2.24) is 15.1 Å². The fourth-order valence-electron chi connectivity index (χ4n) is 3.93. The first-order chi connectivity index (χ1) is 20.5. The number of ether oxygens (including phenoxy) is 3. The van der Waals surface area contributed by atoms with Gasteiger partial charge in [0.15, 0.2) is 16.5 Å². The zero-order valence-corrected chi connectivity index (χ0v) is 24.8. The van der Waals surface area contributed by atoms with Crippen molar-refractivity contribution in [2.24, 2.45) is 0 Å². The molecule has 1 aromatic heterocycles. The Balaban J connectivity index is 0.000000765. The van der Waals surface area contributed by atoms with Crippen LogP contribution < -0.4 is 14.2 Å². The van der Waals surface area contributed by atoms with E-state index in [9.17, 15) is 8.42 Å². The first-order valence-electron chi connectivity index (χ1n) is 13.1. The Bertz CT molecular complexity index is 1630. The number of fused-ring (bicyclic) bond motifs is 1. The summed E-state index contributed by atoms with van der Waals surface area (Å²) >= 11 is 0. The minimum absolute atomic E-state index is 0.0732. The van der Waals surface area contributed by atoms with Gasteiger partial charge in [-0.2, -0.15) is 0 Å². The summed E-state index contributed by atoms with van der Waals surface area (Å²) in [6.07, 6.45) is 1.74. The van der Waals surface area contributed by atoms with E-state index >= 15 is 0 Å². The van der Waals surface area contributed by atoms with Crippen LogP contribution in [0.3, 0.4) is 0 Å². The summed E-state index contributed by atoms with van der Waals surface area (Å²) < 4.78 is 42.5. The van der Waals surface area contributed by atoms with Crippen LogP contribution in [-0.4, -0.2) is 86.6 Å². The number of carbonyl (C=O) groups is 2. The van der Waals surface area contributed by atoms with E-state index in [-0.39, 0.29) is 9.92 Å². The van der Waals surface area contributed by atoms with E-state index in [4.69, 9.17) is 34.0 Å². The second-order valence-electron chi connectivity index (χ2n) is 9.27. The molecule has 4 aromatic rings. The van der Waals surface area contributed by atoms with Crippen LogP contribution in [0.25, 0.3) is 10.9 Å². The smallest absolute Gasteiger partial charge is 0.414 e. The molecule has 0 fully saturated rings. The molecule has 13 heteroatoms. The molecule has 12 nitrogen and oxygen atoms in total. The first kappa shape index (κ1) is 32.8.